The van der Waals surface area contributed by atoms with Gasteiger partial charge in [-0.3, -0.25) is 9.78 Å². The van der Waals surface area contributed by atoms with E-state index in [9.17, 15) is 4.79 Å². The molecule has 0 radical (unpaired) electrons. The van der Waals surface area contributed by atoms with Crippen LogP contribution >= 0.6 is 0 Å². The van der Waals surface area contributed by atoms with Gasteiger partial charge in [-0.05, 0) is 19.3 Å². The second-order valence-electron chi connectivity index (χ2n) is 4.34. The van der Waals surface area contributed by atoms with E-state index in [-0.39, 0.29) is 19.2 Å². The Kier molecular flexibility index (Phi) is 7.60. The minimum atomic E-state index is -0.194. The fourth-order valence-corrected chi connectivity index (χ4v) is 1.70. The Morgan fingerprint density at radius 2 is 1.80 bits per heavy atom. The molecular weight excluding hydrogens is 262 g/mol. The summed E-state index contributed by atoms with van der Waals surface area (Å²) in [5.41, 5.74) is 0.939. The molecule has 0 spiro atoms. The zero-order chi connectivity index (χ0) is 14.8. The van der Waals surface area contributed by atoms with Crippen molar-refractivity contribution in [1.29, 1.82) is 0 Å². The number of aromatic nitrogens is 1. The highest BCUT2D eigenvalue weighted by Crippen LogP contribution is 2.15. The molecule has 112 valence electrons. The highest BCUT2D eigenvalue weighted by atomic mass is 16.5. The molecule has 0 fully saturated rings. The van der Waals surface area contributed by atoms with Gasteiger partial charge in [0.15, 0.2) is 0 Å². The molecule has 0 atom stereocenters. The van der Waals surface area contributed by atoms with Crippen molar-refractivity contribution in [3.05, 3.63) is 23.5 Å². The first kappa shape index (κ1) is 16.4. The van der Waals surface area contributed by atoms with Crippen molar-refractivity contribution in [3.8, 4) is 5.75 Å². The summed E-state index contributed by atoms with van der Waals surface area (Å²) in [6, 6.07) is 3.29. The third-order valence-corrected chi connectivity index (χ3v) is 2.75. The topological polar surface area (TPSA) is 88.9 Å². The lowest BCUT2D eigenvalue weighted by atomic mass is 10.2. The molecule has 0 bridgehead atoms. The van der Waals surface area contributed by atoms with E-state index in [1.807, 2.05) is 0 Å². The summed E-state index contributed by atoms with van der Waals surface area (Å²) >= 11 is 0. The van der Waals surface area contributed by atoms with Gasteiger partial charge < -0.3 is 19.7 Å². The van der Waals surface area contributed by atoms with Crippen LogP contribution in [-0.2, 0) is 22.7 Å². The molecule has 0 aliphatic heterocycles. The van der Waals surface area contributed by atoms with E-state index < -0.39 is 0 Å². The van der Waals surface area contributed by atoms with E-state index in [0.29, 0.717) is 30.2 Å². The van der Waals surface area contributed by atoms with Gasteiger partial charge in [-0.25, -0.2) is 0 Å². The van der Waals surface area contributed by atoms with E-state index in [1.165, 1.54) is 7.11 Å². The van der Waals surface area contributed by atoms with Crippen molar-refractivity contribution in [2.45, 2.75) is 38.9 Å². The lowest BCUT2D eigenvalue weighted by molar-refractivity contribution is -0.140. The van der Waals surface area contributed by atoms with Crippen LogP contribution in [0.1, 0.15) is 37.1 Å². The first-order chi connectivity index (χ1) is 9.69. The van der Waals surface area contributed by atoms with Gasteiger partial charge in [0.05, 0.1) is 38.3 Å². The number of pyridine rings is 1. The van der Waals surface area contributed by atoms with Crippen LogP contribution in [0.3, 0.4) is 0 Å². The number of aliphatic hydroxyl groups is 2. The molecule has 0 saturated carbocycles. The second-order valence-corrected chi connectivity index (χ2v) is 4.34. The van der Waals surface area contributed by atoms with E-state index >= 15 is 0 Å². The van der Waals surface area contributed by atoms with E-state index in [4.69, 9.17) is 14.9 Å². The highest BCUT2D eigenvalue weighted by Gasteiger charge is 2.03. The molecule has 1 heterocycles. The third kappa shape index (κ3) is 5.99. The summed E-state index contributed by atoms with van der Waals surface area (Å²) in [4.78, 5) is 14.9. The van der Waals surface area contributed by atoms with Crippen LogP contribution in [0.5, 0.6) is 5.75 Å². The van der Waals surface area contributed by atoms with Gasteiger partial charge in [0, 0.05) is 18.6 Å². The van der Waals surface area contributed by atoms with E-state index in [1.54, 1.807) is 12.1 Å². The average molecular weight is 283 g/mol. The van der Waals surface area contributed by atoms with Gasteiger partial charge in [0.25, 0.3) is 0 Å². The molecule has 6 heteroatoms. The van der Waals surface area contributed by atoms with Crippen LogP contribution in [0, 0.1) is 0 Å². The van der Waals surface area contributed by atoms with Crippen molar-refractivity contribution >= 4 is 5.97 Å². The first-order valence-corrected chi connectivity index (χ1v) is 6.60. The summed E-state index contributed by atoms with van der Waals surface area (Å²) in [6.45, 7) is 0.133. The molecule has 1 rings (SSSR count). The number of ether oxygens (including phenoxy) is 2. The number of rotatable bonds is 9. The number of unbranched alkanes of at least 4 members (excludes halogenated alkanes) is 2. The Labute approximate surface area is 118 Å². The number of carbonyl (C=O) groups is 1. The van der Waals surface area contributed by atoms with Crippen LogP contribution in [0.2, 0.25) is 0 Å². The predicted molar refractivity (Wildman–Crippen MR) is 72.1 cm³/mol. The molecule has 2 N–H and O–H groups in total. The Hall–Kier alpha value is -1.66. The predicted octanol–water partition coefficient (Wildman–Crippen LogP) is 1.18. The molecule has 0 amide bonds. The summed E-state index contributed by atoms with van der Waals surface area (Å²) in [6.07, 6.45) is 2.90. The molecule has 6 nitrogen and oxygen atoms in total. The Morgan fingerprint density at radius 1 is 1.15 bits per heavy atom. The molecular formula is C14H21NO5. The Balaban J connectivity index is 2.29. The van der Waals surface area contributed by atoms with Crippen molar-refractivity contribution in [1.82, 2.24) is 4.98 Å². The Bertz CT molecular complexity index is 400. The number of nitrogens with zero attached hydrogens (tertiary/aromatic N) is 1. The highest BCUT2D eigenvalue weighted by molar-refractivity contribution is 5.68. The molecule has 20 heavy (non-hydrogen) atoms. The maximum atomic E-state index is 10.9. The first-order valence-electron chi connectivity index (χ1n) is 6.60. The van der Waals surface area contributed by atoms with Crippen molar-refractivity contribution in [2.24, 2.45) is 0 Å². The van der Waals surface area contributed by atoms with Gasteiger partial charge in [-0.1, -0.05) is 0 Å². The molecule has 0 aliphatic carbocycles. The van der Waals surface area contributed by atoms with Gasteiger partial charge in [-0.15, -0.1) is 0 Å². The number of hydrogen-bond donors (Lipinski definition) is 2. The zero-order valence-electron chi connectivity index (χ0n) is 11.7. The van der Waals surface area contributed by atoms with Crippen LogP contribution in [0.25, 0.3) is 0 Å². The lowest BCUT2D eigenvalue weighted by Crippen LogP contribution is -2.03. The molecule has 0 aromatic carbocycles. The van der Waals surface area contributed by atoms with Crippen molar-refractivity contribution < 1.29 is 24.5 Å². The fourth-order valence-electron chi connectivity index (χ4n) is 1.70. The summed E-state index contributed by atoms with van der Waals surface area (Å²) in [5, 5.41) is 18.1. The van der Waals surface area contributed by atoms with Gasteiger partial charge in [-0.2, -0.15) is 0 Å². The second kappa shape index (κ2) is 9.28. The minimum Gasteiger partial charge on any atom is -0.493 e. The standard InChI is InChI=1S/C14H21NO5/c1-19-14(18)5-3-2-4-6-20-13-7-11(9-16)15-12(8-13)10-17/h7-8,16-17H,2-6,9-10H2,1H3. The van der Waals surface area contributed by atoms with Crippen LogP contribution in [0.4, 0.5) is 0 Å². The minimum absolute atomic E-state index is 0.191. The van der Waals surface area contributed by atoms with Gasteiger partial charge in [0.2, 0.25) is 0 Å². The van der Waals surface area contributed by atoms with Crippen LogP contribution in [0.15, 0.2) is 12.1 Å². The quantitative estimate of drug-likeness (QED) is 0.522. The summed E-state index contributed by atoms with van der Waals surface area (Å²) in [7, 11) is 1.38. The molecule has 1 aromatic heterocycles. The maximum absolute atomic E-state index is 10.9. The number of carbonyl (C=O) groups excluding carboxylic acids is 1. The molecule has 1 aromatic rings. The van der Waals surface area contributed by atoms with Crippen molar-refractivity contribution in [2.75, 3.05) is 13.7 Å². The number of hydrogen-bond acceptors (Lipinski definition) is 6. The van der Waals surface area contributed by atoms with Crippen LogP contribution < -0.4 is 4.74 Å². The third-order valence-electron chi connectivity index (χ3n) is 2.75. The monoisotopic (exact) mass is 283 g/mol. The fraction of sp³-hybridized carbons (Fsp3) is 0.571. The number of aliphatic hydroxyl groups excluding tert-OH is 2. The number of esters is 1. The van der Waals surface area contributed by atoms with Gasteiger partial charge >= 0.3 is 5.97 Å². The van der Waals surface area contributed by atoms with E-state index in [2.05, 4.69) is 9.72 Å². The zero-order valence-corrected chi connectivity index (χ0v) is 11.7. The number of methoxy groups -OCH3 is 1. The average Bonchev–Trinajstić information content (AvgIpc) is 2.49. The van der Waals surface area contributed by atoms with Gasteiger partial charge in [0.1, 0.15) is 5.75 Å². The molecule has 0 saturated heterocycles. The Morgan fingerprint density at radius 3 is 2.35 bits per heavy atom. The van der Waals surface area contributed by atoms with Crippen molar-refractivity contribution in [3.63, 3.8) is 0 Å². The van der Waals surface area contributed by atoms with E-state index in [0.717, 1.165) is 19.3 Å². The normalized spacial score (nSPS) is 10.3. The summed E-state index contributed by atoms with van der Waals surface area (Å²) in [5.74, 6) is 0.390. The lowest BCUT2D eigenvalue weighted by Gasteiger charge is -2.08. The summed E-state index contributed by atoms with van der Waals surface area (Å²) < 4.78 is 10.1. The SMILES string of the molecule is COC(=O)CCCCCOc1cc(CO)nc(CO)c1. The largest absolute Gasteiger partial charge is 0.493 e. The maximum Gasteiger partial charge on any atom is 0.305 e. The molecule has 0 unspecified atom stereocenters. The van der Waals surface area contributed by atoms with Crippen LogP contribution in [-0.4, -0.2) is 34.9 Å². The molecule has 0 aliphatic rings. The smallest absolute Gasteiger partial charge is 0.305 e.